The number of cyclic esters (lactones) is 1. The van der Waals surface area contributed by atoms with Crippen LogP contribution in [0.1, 0.15) is 38.3 Å². The second-order valence-corrected chi connectivity index (χ2v) is 9.59. The third-order valence-electron chi connectivity index (χ3n) is 5.77. The van der Waals surface area contributed by atoms with Gasteiger partial charge in [0.15, 0.2) is 11.5 Å². The normalized spacial score (nSPS) is 18.4. The molecule has 1 heterocycles. The standard InChI is InChI=1S/C27H35NO7/c1-27(2,3)35-26(30)28-20(13-17-10-8-7-9-11-17)21-16-19(25(29)34-21)12-18-14-22(31-4)24(33-6)23(15-18)32-5/h7-11,14-15,19-21H,12-13,16H2,1-6H3,(H,28,30)/t19-,20+,21+/m1/s1. The Morgan fingerprint density at radius 1 is 1.03 bits per heavy atom. The fourth-order valence-corrected chi connectivity index (χ4v) is 4.22. The lowest BCUT2D eigenvalue weighted by atomic mass is 9.92. The second-order valence-electron chi connectivity index (χ2n) is 9.59. The van der Waals surface area contributed by atoms with Crippen molar-refractivity contribution in [2.24, 2.45) is 5.92 Å². The van der Waals surface area contributed by atoms with Crippen LogP contribution < -0.4 is 19.5 Å². The van der Waals surface area contributed by atoms with E-state index in [4.69, 9.17) is 23.7 Å². The number of hydrogen-bond acceptors (Lipinski definition) is 7. The molecule has 1 aliphatic heterocycles. The van der Waals surface area contributed by atoms with Gasteiger partial charge in [0, 0.05) is 6.42 Å². The minimum Gasteiger partial charge on any atom is -0.493 e. The minimum absolute atomic E-state index is 0.298. The van der Waals surface area contributed by atoms with Gasteiger partial charge in [0.2, 0.25) is 5.75 Å². The minimum atomic E-state index is -0.636. The Bertz CT molecular complexity index is 991. The van der Waals surface area contributed by atoms with Crippen LogP contribution >= 0.6 is 0 Å². The third kappa shape index (κ3) is 7.04. The lowest BCUT2D eigenvalue weighted by Gasteiger charge is -2.26. The van der Waals surface area contributed by atoms with Gasteiger partial charge in [-0.15, -0.1) is 0 Å². The highest BCUT2D eigenvalue weighted by Gasteiger charge is 2.40. The van der Waals surface area contributed by atoms with Gasteiger partial charge in [0.1, 0.15) is 11.7 Å². The zero-order valence-electron chi connectivity index (χ0n) is 21.3. The molecule has 0 aliphatic carbocycles. The van der Waals surface area contributed by atoms with Crippen LogP contribution in [0, 0.1) is 5.92 Å². The van der Waals surface area contributed by atoms with E-state index in [0.29, 0.717) is 36.5 Å². The summed E-state index contributed by atoms with van der Waals surface area (Å²) in [6, 6.07) is 13.0. The van der Waals surface area contributed by atoms with E-state index in [9.17, 15) is 9.59 Å². The summed E-state index contributed by atoms with van der Waals surface area (Å²) in [7, 11) is 4.65. The van der Waals surface area contributed by atoms with Crippen molar-refractivity contribution < 1.29 is 33.3 Å². The largest absolute Gasteiger partial charge is 0.493 e. The van der Waals surface area contributed by atoms with Crippen LogP contribution in [0.2, 0.25) is 0 Å². The number of methoxy groups -OCH3 is 3. The van der Waals surface area contributed by atoms with E-state index in [1.54, 1.807) is 21.3 Å². The van der Waals surface area contributed by atoms with Gasteiger partial charge >= 0.3 is 12.1 Å². The van der Waals surface area contributed by atoms with Crippen LogP contribution in [0.4, 0.5) is 4.79 Å². The molecule has 1 aliphatic rings. The van der Waals surface area contributed by atoms with Gasteiger partial charge in [-0.05, 0) is 56.9 Å². The number of nitrogens with one attached hydrogen (secondary N) is 1. The first kappa shape index (κ1) is 26.2. The molecule has 1 amide bonds. The van der Waals surface area contributed by atoms with Crippen LogP contribution in [0.3, 0.4) is 0 Å². The molecule has 0 aromatic heterocycles. The smallest absolute Gasteiger partial charge is 0.408 e. The maximum absolute atomic E-state index is 12.8. The number of rotatable bonds is 9. The summed E-state index contributed by atoms with van der Waals surface area (Å²) in [6.07, 6.45) is 0.388. The molecule has 1 N–H and O–H groups in total. The lowest BCUT2D eigenvalue weighted by molar-refractivity contribution is -0.145. The predicted molar refractivity (Wildman–Crippen MR) is 131 cm³/mol. The van der Waals surface area contributed by atoms with Crippen LogP contribution in [0.15, 0.2) is 42.5 Å². The molecule has 8 nitrogen and oxygen atoms in total. The molecule has 0 bridgehead atoms. The zero-order chi connectivity index (χ0) is 25.6. The number of esters is 1. The first-order valence-electron chi connectivity index (χ1n) is 11.7. The van der Waals surface area contributed by atoms with Crippen LogP contribution in [-0.4, -0.2) is 51.1 Å². The maximum atomic E-state index is 12.8. The van der Waals surface area contributed by atoms with Crippen molar-refractivity contribution in [1.82, 2.24) is 5.32 Å². The van der Waals surface area contributed by atoms with E-state index in [2.05, 4.69) is 5.32 Å². The van der Waals surface area contributed by atoms with Gasteiger partial charge in [-0.1, -0.05) is 30.3 Å². The number of alkyl carbamates (subject to hydrolysis) is 1. The molecular weight excluding hydrogens is 450 g/mol. The Hall–Kier alpha value is -3.42. The summed E-state index contributed by atoms with van der Waals surface area (Å²) in [4.78, 5) is 25.4. The molecule has 0 unspecified atom stereocenters. The second kappa shape index (κ2) is 11.3. The number of amides is 1. The van der Waals surface area contributed by atoms with Crippen molar-refractivity contribution >= 4 is 12.1 Å². The third-order valence-corrected chi connectivity index (χ3v) is 5.77. The van der Waals surface area contributed by atoms with Gasteiger partial charge in [-0.25, -0.2) is 4.79 Å². The number of carbonyl (C=O) groups is 2. The molecule has 0 spiro atoms. The number of ether oxygens (including phenoxy) is 5. The molecule has 190 valence electrons. The van der Waals surface area contributed by atoms with Crippen molar-refractivity contribution in [3.63, 3.8) is 0 Å². The molecule has 35 heavy (non-hydrogen) atoms. The molecule has 2 aromatic carbocycles. The van der Waals surface area contributed by atoms with Crippen LogP contribution in [-0.2, 0) is 27.1 Å². The van der Waals surface area contributed by atoms with E-state index in [-0.39, 0.29) is 11.9 Å². The van der Waals surface area contributed by atoms with Crippen molar-refractivity contribution in [3.8, 4) is 17.2 Å². The number of benzene rings is 2. The molecule has 0 radical (unpaired) electrons. The molecule has 0 saturated carbocycles. The first-order chi connectivity index (χ1) is 16.6. The molecule has 3 rings (SSSR count). The molecule has 8 heteroatoms. The van der Waals surface area contributed by atoms with Crippen LogP contribution in [0.25, 0.3) is 0 Å². The monoisotopic (exact) mass is 485 g/mol. The van der Waals surface area contributed by atoms with Crippen molar-refractivity contribution in [3.05, 3.63) is 53.6 Å². The highest BCUT2D eigenvalue weighted by Crippen LogP contribution is 2.39. The molecule has 1 fully saturated rings. The summed E-state index contributed by atoms with van der Waals surface area (Å²) >= 11 is 0. The summed E-state index contributed by atoms with van der Waals surface area (Å²) in [5.74, 6) is 0.876. The lowest BCUT2D eigenvalue weighted by Crippen LogP contribution is -2.46. The topological polar surface area (TPSA) is 92.3 Å². The Balaban J connectivity index is 1.78. The summed E-state index contributed by atoms with van der Waals surface area (Å²) < 4.78 is 27.5. The Kier molecular flexibility index (Phi) is 8.48. The van der Waals surface area contributed by atoms with Crippen LogP contribution in [0.5, 0.6) is 17.2 Å². The predicted octanol–water partition coefficient (Wildman–Crippen LogP) is 4.32. The highest BCUT2D eigenvalue weighted by atomic mass is 16.6. The van der Waals surface area contributed by atoms with E-state index in [1.807, 2.05) is 63.2 Å². The number of hydrogen-bond donors (Lipinski definition) is 1. The molecular formula is C27H35NO7. The van der Waals surface area contributed by atoms with E-state index >= 15 is 0 Å². The molecule has 3 atom stereocenters. The Labute approximate surface area is 206 Å². The van der Waals surface area contributed by atoms with E-state index in [0.717, 1.165) is 11.1 Å². The highest BCUT2D eigenvalue weighted by molar-refractivity contribution is 5.75. The number of carbonyl (C=O) groups excluding carboxylic acids is 2. The fourth-order valence-electron chi connectivity index (χ4n) is 4.22. The van der Waals surface area contributed by atoms with Gasteiger partial charge in [-0.2, -0.15) is 0 Å². The summed E-state index contributed by atoms with van der Waals surface area (Å²) in [6.45, 7) is 5.42. The molecule has 2 aromatic rings. The van der Waals surface area contributed by atoms with Gasteiger partial charge in [0.25, 0.3) is 0 Å². The maximum Gasteiger partial charge on any atom is 0.408 e. The first-order valence-corrected chi connectivity index (χ1v) is 11.7. The summed E-state index contributed by atoms with van der Waals surface area (Å²) in [5.41, 5.74) is 1.25. The quantitative estimate of drug-likeness (QED) is 0.529. The fraction of sp³-hybridized carbons (Fsp3) is 0.481. The Morgan fingerprint density at radius 2 is 1.66 bits per heavy atom. The van der Waals surface area contributed by atoms with Crippen molar-refractivity contribution in [1.29, 1.82) is 0 Å². The van der Waals surface area contributed by atoms with Crippen molar-refractivity contribution in [2.75, 3.05) is 21.3 Å². The zero-order valence-corrected chi connectivity index (χ0v) is 21.3. The van der Waals surface area contributed by atoms with Gasteiger partial charge in [0.05, 0.1) is 33.3 Å². The van der Waals surface area contributed by atoms with Crippen molar-refractivity contribution in [2.45, 2.75) is 57.8 Å². The summed E-state index contributed by atoms with van der Waals surface area (Å²) in [5, 5.41) is 2.93. The average Bonchev–Trinajstić information content (AvgIpc) is 3.17. The van der Waals surface area contributed by atoms with E-state index in [1.165, 1.54) is 0 Å². The van der Waals surface area contributed by atoms with Gasteiger partial charge < -0.3 is 29.0 Å². The Morgan fingerprint density at radius 3 is 2.20 bits per heavy atom. The average molecular weight is 486 g/mol. The molecule has 1 saturated heterocycles. The van der Waals surface area contributed by atoms with Gasteiger partial charge in [-0.3, -0.25) is 4.79 Å². The van der Waals surface area contributed by atoms with E-state index < -0.39 is 23.8 Å². The SMILES string of the molecule is COc1cc(C[C@@H]2C[C@@H]([C@H](Cc3ccccc3)NC(=O)OC(C)(C)C)OC2=O)cc(OC)c1OC.